The van der Waals surface area contributed by atoms with Crippen molar-refractivity contribution >= 4 is 17.8 Å². The van der Waals surface area contributed by atoms with Crippen molar-refractivity contribution in [3.8, 4) is 0 Å². The summed E-state index contributed by atoms with van der Waals surface area (Å²) in [5.41, 5.74) is 0. The molecule has 0 aromatic carbocycles. The second kappa shape index (κ2) is 6.17. The van der Waals surface area contributed by atoms with Gasteiger partial charge in [0.25, 0.3) is 0 Å². The van der Waals surface area contributed by atoms with E-state index in [1.807, 2.05) is 27.2 Å². The Balaban J connectivity index is 3.61. The zero-order valence-corrected chi connectivity index (χ0v) is 9.07. The third-order valence-electron chi connectivity index (χ3n) is 1.39. The van der Waals surface area contributed by atoms with E-state index in [0.29, 0.717) is 0 Å². The topological polar surface area (TPSA) is 32.3 Å². The summed E-state index contributed by atoms with van der Waals surface area (Å²) in [5, 5.41) is 2.83. The summed E-state index contributed by atoms with van der Waals surface area (Å²) >= 11 is 1.74. The minimum Gasteiger partial charge on any atom is -0.336 e. The fraction of sp³-hybridized carbons (Fsp3) is 0.875. The largest absolute Gasteiger partial charge is 0.336 e. The molecule has 0 heterocycles. The van der Waals surface area contributed by atoms with Crippen molar-refractivity contribution < 1.29 is 4.79 Å². The molecule has 2 amide bonds. The van der Waals surface area contributed by atoms with Crippen molar-refractivity contribution in [1.82, 2.24) is 10.2 Å². The van der Waals surface area contributed by atoms with Gasteiger partial charge in [0.05, 0.1) is 0 Å². The summed E-state index contributed by atoms with van der Waals surface area (Å²) in [7, 11) is 1.81. The van der Waals surface area contributed by atoms with E-state index in [0.717, 1.165) is 12.3 Å². The van der Waals surface area contributed by atoms with Gasteiger partial charge in [-0.15, -0.1) is 0 Å². The molecule has 0 saturated carbocycles. The predicted molar refractivity (Wildman–Crippen MR) is 54.7 cm³/mol. The van der Waals surface area contributed by atoms with Gasteiger partial charge in [0, 0.05) is 25.4 Å². The molecular formula is C8H18N2OS. The van der Waals surface area contributed by atoms with Crippen molar-refractivity contribution in [3.05, 3.63) is 0 Å². The molecule has 0 aromatic heterocycles. The molecular weight excluding hydrogens is 172 g/mol. The fourth-order valence-corrected chi connectivity index (χ4v) is 1.14. The third-order valence-corrected chi connectivity index (χ3v) is 1.98. The summed E-state index contributed by atoms with van der Waals surface area (Å²) in [6.07, 6.45) is 2.04. The minimum absolute atomic E-state index is 0.0130. The van der Waals surface area contributed by atoms with Gasteiger partial charge in [-0.1, -0.05) is 0 Å². The molecule has 0 atom stereocenters. The molecule has 72 valence electrons. The summed E-state index contributed by atoms with van der Waals surface area (Å²) in [4.78, 5) is 13.0. The number of thioether (sulfide) groups is 1. The van der Waals surface area contributed by atoms with Crippen molar-refractivity contribution in [1.29, 1.82) is 0 Å². The van der Waals surface area contributed by atoms with Crippen molar-refractivity contribution in [2.75, 3.05) is 25.6 Å². The molecule has 0 spiro atoms. The first-order chi connectivity index (χ1) is 5.57. The number of nitrogens with zero attached hydrogens (tertiary/aromatic N) is 1. The molecule has 0 fully saturated rings. The van der Waals surface area contributed by atoms with Gasteiger partial charge >= 0.3 is 6.03 Å². The first-order valence-electron chi connectivity index (χ1n) is 4.08. The van der Waals surface area contributed by atoms with Crippen LogP contribution in [0.5, 0.6) is 0 Å². The molecule has 3 nitrogen and oxygen atoms in total. The van der Waals surface area contributed by atoms with Gasteiger partial charge in [0.15, 0.2) is 0 Å². The van der Waals surface area contributed by atoms with E-state index in [2.05, 4.69) is 5.32 Å². The number of carbonyl (C=O) groups excluding carboxylic acids is 1. The maximum Gasteiger partial charge on any atom is 0.317 e. The van der Waals surface area contributed by atoms with Crippen LogP contribution in [0, 0.1) is 0 Å². The highest BCUT2D eigenvalue weighted by Crippen LogP contribution is 1.94. The molecule has 0 saturated heterocycles. The molecule has 0 unspecified atom stereocenters. The van der Waals surface area contributed by atoms with Crippen LogP contribution in [0.4, 0.5) is 4.79 Å². The molecule has 0 bridgehead atoms. The van der Waals surface area contributed by atoms with Crippen molar-refractivity contribution in [3.63, 3.8) is 0 Å². The van der Waals surface area contributed by atoms with Crippen LogP contribution in [0.25, 0.3) is 0 Å². The number of urea groups is 1. The molecule has 0 aliphatic heterocycles. The van der Waals surface area contributed by atoms with E-state index in [1.165, 1.54) is 0 Å². The van der Waals surface area contributed by atoms with Crippen LogP contribution in [0.3, 0.4) is 0 Å². The first kappa shape index (κ1) is 11.6. The Morgan fingerprint density at radius 3 is 2.58 bits per heavy atom. The molecule has 1 N–H and O–H groups in total. The van der Waals surface area contributed by atoms with Gasteiger partial charge in [0.1, 0.15) is 0 Å². The van der Waals surface area contributed by atoms with E-state index < -0.39 is 0 Å². The molecule has 0 radical (unpaired) electrons. The predicted octanol–water partition coefficient (Wildman–Crippen LogP) is 1.40. The van der Waals surface area contributed by atoms with E-state index in [9.17, 15) is 4.79 Å². The highest BCUT2D eigenvalue weighted by atomic mass is 32.2. The second-order valence-corrected chi connectivity index (χ2v) is 4.00. The quantitative estimate of drug-likeness (QED) is 0.726. The highest BCUT2D eigenvalue weighted by molar-refractivity contribution is 7.98. The number of hydrogen-bond donors (Lipinski definition) is 1. The monoisotopic (exact) mass is 190 g/mol. The van der Waals surface area contributed by atoms with E-state index in [4.69, 9.17) is 0 Å². The Morgan fingerprint density at radius 2 is 2.17 bits per heavy atom. The van der Waals surface area contributed by atoms with E-state index in [1.54, 1.807) is 16.7 Å². The van der Waals surface area contributed by atoms with Gasteiger partial charge in [0.2, 0.25) is 0 Å². The van der Waals surface area contributed by atoms with Crippen LogP contribution in [-0.2, 0) is 0 Å². The van der Waals surface area contributed by atoms with Crippen LogP contribution in [-0.4, -0.2) is 42.6 Å². The zero-order valence-electron chi connectivity index (χ0n) is 8.26. The molecule has 0 aliphatic carbocycles. The van der Waals surface area contributed by atoms with E-state index in [-0.39, 0.29) is 12.1 Å². The Morgan fingerprint density at radius 1 is 1.58 bits per heavy atom. The van der Waals surface area contributed by atoms with Gasteiger partial charge in [-0.3, -0.25) is 0 Å². The highest BCUT2D eigenvalue weighted by Gasteiger charge is 2.07. The number of nitrogens with one attached hydrogen (secondary N) is 1. The smallest absolute Gasteiger partial charge is 0.317 e. The lowest BCUT2D eigenvalue weighted by Crippen LogP contribution is -2.41. The van der Waals surface area contributed by atoms with Crippen molar-refractivity contribution in [2.45, 2.75) is 19.9 Å². The SMILES string of the molecule is CSCCN(C)C(=O)NC(C)C. The molecule has 0 rings (SSSR count). The van der Waals surface area contributed by atoms with E-state index >= 15 is 0 Å². The standard InChI is InChI=1S/C8H18N2OS/c1-7(2)9-8(11)10(3)5-6-12-4/h7H,5-6H2,1-4H3,(H,9,11). The lowest BCUT2D eigenvalue weighted by molar-refractivity contribution is 0.209. The number of rotatable bonds is 4. The van der Waals surface area contributed by atoms with Gasteiger partial charge in [-0.2, -0.15) is 11.8 Å². The first-order valence-corrected chi connectivity index (χ1v) is 5.48. The Kier molecular flexibility index (Phi) is 5.98. The Hall–Kier alpha value is -0.380. The van der Waals surface area contributed by atoms with Crippen LogP contribution < -0.4 is 5.32 Å². The number of carbonyl (C=O) groups is 1. The maximum absolute atomic E-state index is 11.3. The molecule has 0 aromatic rings. The Bertz CT molecular complexity index is 139. The van der Waals surface area contributed by atoms with Gasteiger partial charge in [-0.25, -0.2) is 4.79 Å². The molecule has 4 heteroatoms. The normalized spacial score (nSPS) is 10.1. The second-order valence-electron chi connectivity index (χ2n) is 3.02. The molecule has 12 heavy (non-hydrogen) atoms. The van der Waals surface area contributed by atoms with Crippen molar-refractivity contribution in [2.24, 2.45) is 0 Å². The van der Waals surface area contributed by atoms with Gasteiger partial charge in [-0.05, 0) is 20.1 Å². The lowest BCUT2D eigenvalue weighted by atomic mass is 10.4. The van der Waals surface area contributed by atoms with Crippen LogP contribution in [0.2, 0.25) is 0 Å². The van der Waals surface area contributed by atoms with Gasteiger partial charge < -0.3 is 10.2 Å². The fourth-order valence-electron chi connectivity index (χ4n) is 0.687. The summed E-state index contributed by atoms with van der Waals surface area (Å²) < 4.78 is 0. The molecule has 0 aliphatic rings. The maximum atomic E-state index is 11.3. The Labute approximate surface area is 78.9 Å². The summed E-state index contributed by atoms with van der Waals surface area (Å²) in [6.45, 7) is 4.72. The minimum atomic E-state index is 0.0130. The average Bonchev–Trinajstić information content (AvgIpc) is 1.98. The lowest BCUT2D eigenvalue weighted by Gasteiger charge is -2.18. The number of hydrogen-bond acceptors (Lipinski definition) is 2. The zero-order chi connectivity index (χ0) is 9.56. The third kappa shape index (κ3) is 5.29. The average molecular weight is 190 g/mol. The van der Waals surface area contributed by atoms with Crippen LogP contribution in [0.1, 0.15) is 13.8 Å². The van der Waals surface area contributed by atoms with Crippen LogP contribution in [0.15, 0.2) is 0 Å². The number of amides is 2. The summed E-state index contributed by atoms with van der Waals surface area (Å²) in [6, 6.07) is 0.230. The summed E-state index contributed by atoms with van der Waals surface area (Å²) in [5.74, 6) is 0.988. The van der Waals surface area contributed by atoms with Crippen LogP contribution >= 0.6 is 11.8 Å².